The lowest BCUT2D eigenvalue weighted by Gasteiger charge is -2.29. The average molecular weight is 501 g/mol. The van der Waals surface area contributed by atoms with Crippen LogP contribution in [0.1, 0.15) is 133 Å². The Morgan fingerprint density at radius 3 is 1.67 bits per heavy atom. The summed E-state index contributed by atoms with van der Waals surface area (Å²) in [5.74, 6) is -1.82. The van der Waals surface area contributed by atoms with E-state index in [1.165, 1.54) is 114 Å². The van der Waals surface area contributed by atoms with Gasteiger partial charge in [-0.05, 0) is 59.8 Å². The topological polar surface area (TPSA) is 0 Å². The predicted molar refractivity (Wildman–Crippen MR) is 148 cm³/mol. The average Bonchev–Trinajstić information content (AvgIpc) is 2.89. The van der Waals surface area contributed by atoms with Crippen molar-refractivity contribution in [3.63, 3.8) is 0 Å². The van der Waals surface area contributed by atoms with Crippen LogP contribution in [0.4, 0.5) is 13.2 Å². The van der Waals surface area contributed by atoms with E-state index in [1.807, 2.05) is 0 Å². The minimum atomic E-state index is -3.37. The summed E-state index contributed by atoms with van der Waals surface area (Å²) in [6.07, 6.45) is 18.5. The first-order valence-corrected chi connectivity index (χ1v) is 14.6. The Morgan fingerprint density at radius 1 is 0.694 bits per heavy atom. The second-order valence-corrected chi connectivity index (χ2v) is 11.3. The number of rotatable bonds is 15. The van der Waals surface area contributed by atoms with E-state index in [4.69, 9.17) is 0 Å². The smallest absolute Gasteiger partial charge is 0.236 e. The highest BCUT2D eigenvalue weighted by atomic mass is 19.3. The summed E-state index contributed by atoms with van der Waals surface area (Å²) in [5, 5.41) is 0. The molecule has 0 radical (unpaired) electrons. The summed E-state index contributed by atoms with van der Waals surface area (Å²) in [4.78, 5) is 0. The van der Waals surface area contributed by atoms with Crippen LogP contribution in [0.25, 0.3) is 11.1 Å². The van der Waals surface area contributed by atoms with E-state index in [1.54, 1.807) is 12.1 Å². The SMILES string of the molecule is CCCCCCCCCCCCC1CCC(c2ccc(-c3ccc(C(F)C(C)(F)F)cc3)cc2)CC1. The maximum absolute atomic E-state index is 13.9. The zero-order valence-electron chi connectivity index (χ0n) is 22.6. The van der Waals surface area contributed by atoms with E-state index in [2.05, 4.69) is 31.2 Å². The van der Waals surface area contributed by atoms with Crippen molar-refractivity contribution in [2.24, 2.45) is 5.92 Å². The lowest BCUT2D eigenvalue weighted by Crippen LogP contribution is -2.18. The zero-order chi connectivity index (χ0) is 25.8. The summed E-state index contributed by atoms with van der Waals surface area (Å²) in [7, 11) is 0. The molecule has 0 amide bonds. The van der Waals surface area contributed by atoms with Crippen molar-refractivity contribution in [3.05, 3.63) is 59.7 Å². The molecule has 1 unspecified atom stereocenters. The molecule has 2 aromatic carbocycles. The number of hydrogen-bond donors (Lipinski definition) is 0. The van der Waals surface area contributed by atoms with Gasteiger partial charge in [-0.25, -0.2) is 13.2 Å². The molecule has 0 saturated heterocycles. The zero-order valence-corrected chi connectivity index (χ0v) is 22.6. The lowest BCUT2D eigenvalue weighted by atomic mass is 9.77. The van der Waals surface area contributed by atoms with Gasteiger partial charge in [0.2, 0.25) is 0 Å². The minimum Gasteiger partial charge on any atom is -0.236 e. The fraction of sp³-hybridized carbons (Fsp3) is 0.636. The standard InChI is InChI=1S/C33H47F3/c1-3-4-5-6-7-8-9-10-11-12-13-26-14-16-27(17-15-26)28-18-20-29(21-19-28)30-22-24-31(25-23-30)32(34)33(2,35)36/h18-27,32H,3-17H2,1-2H3. The minimum absolute atomic E-state index is 0.0254. The fourth-order valence-corrected chi connectivity index (χ4v) is 5.79. The Hall–Kier alpha value is -1.77. The molecule has 2 aromatic rings. The van der Waals surface area contributed by atoms with Gasteiger partial charge in [0, 0.05) is 6.92 Å². The van der Waals surface area contributed by atoms with Gasteiger partial charge in [-0.2, -0.15) is 0 Å². The molecule has 3 rings (SSSR count). The molecule has 36 heavy (non-hydrogen) atoms. The first-order chi connectivity index (χ1) is 17.4. The number of alkyl halides is 3. The van der Waals surface area contributed by atoms with Crippen LogP contribution >= 0.6 is 0 Å². The van der Waals surface area contributed by atoms with Crippen LogP contribution in [0.3, 0.4) is 0 Å². The number of halogens is 3. The van der Waals surface area contributed by atoms with Gasteiger partial charge in [0.25, 0.3) is 5.92 Å². The molecule has 200 valence electrons. The molecule has 1 fully saturated rings. The van der Waals surface area contributed by atoms with Crippen LogP contribution < -0.4 is 0 Å². The number of unbranched alkanes of at least 4 members (excludes halogenated alkanes) is 9. The van der Waals surface area contributed by atoms with Gasteiger partial charge < -0.3 is 0 Å². The van der Waals surface area contributed by atoms with Gasteiger partial charge in [0.05, 0.1) is 0 Å². The van der Waals surface area contributed by atoms with Crippen molar-refractivity contribution >= 4 is 0 Å². The predicted octanol–water partition coefficient (Wildman–Crippen LogP) is 11.6. The fourth-order valence-electron chi connectivity index (χ4n) is 5.79. The van der Waals surface area contributed by atoms with Crippen LogP contribution in [0.5, 0.6) is 0 Å². The number of hydrogen-bond acceptors (Lipinski definition) is 0. The van der Waals surface area contributed by atoms with Crippen LogP contribution in [0.2, 0.25) is 0 Å². The molecule has 3 heteroatoms. The van der Waals surface area contributed by atoms with Crippen LogP contribution in [0.15, 0.2) is 48.5 Å². The Balaban J connectivity index is 1.34. The molecule has 1 aliphatic carbocycles. The molecular weight excluding hydrogens is 453 g/mol. The van der Waals surface area contributed by atoms with Crippen LogP contribution in [0, 0.1) is 5.92 Å². The molecule has 0 aliphatic heterocycles. The van der Waals surface area contributed by atoms with Crippen LogP contribution in [-0.2, 0) is 0 Å². The molecule has 0 heterocycles. The van der Waals surface area contributed by atoms with E-state index < -0.39 is 12.1 Å². The molecule has 0 nitrogen and oxygen atoms in total. The van der Waals surface area contributed by atoms with Crippen molar-refractivity contribution in [1.82, 2.24) is 0 Å². The van der Waals surface area contributed by atoms with Gasteiger partial charge >= 0.3 is 0 Å². The highest BCUT2D eigenvalue weighted by molar-refractivity contribution is 5.64. The van der Waals surface area contributed by atoms with Crippen molar-refractivity contribution in [2.45, 2.75) is 128 Å². The van der Waals surface area contributed by atoms with Gasteiger partial charge in [-0.15, -0.1) is 0 Å². The van der Waals surface area contributed by atoms with Crippen molar-refractivity contribution in [2.75, 3.05) is 0 Å². The lowest BCUT2D eigenvalue weighted by molar-refractivity contribution is -0.0566. The van der Waals surface area contributed by atoms with Gasteiger partial charge in [0.1, 0.15) is 0 Å². The van der Waals surface area contributed by atoms with Gasteiger partial charge in [-0.3, -0.25) is 0 Å². The Labute approximate surface area is 218 Å². The monoisotopic (exact) mass is 500 g/mol. The maximum atomic E-state index is 13.9. The van der Waals surface area contributed by atoms with Crippen LogP contribution in [-0.4, -0.2) is 5.92 Å². The summed E-state index contributed by atoms with van der Waals surface area (Å²) < 4.78 is 40.4. The third-order valence-corrected chi connectivity index (χ3v) is 8.18. The Kier molecular flexibility index (Phi) is 11.9. The second kappa shape index (κ2) is 14.8. The molecular formula is C33H47F3. The molecule has 1 atom stereocenters. The molecule has 0 N–H and O–H groups in total. The van der Waals surface area contributed by atoms with E-state index in [0.717, 1.165) is 17.0 Å². The van der Waals surface area contributed by atoms with E-state index >= 15 is 0 Å². The Morgan fingerprint density at radius 2 is 1.17 bits per heavy atom. The molecule has 0 spiro atoms. The normalized spacial score (nSPS) is 19.4. The number of benzene rings is 2. The third-order valence-electron chi connectivity index (χ3n) is 8.18. The van der Waals surface area contributed by atoms with Gasteiger partial charge in [-0.1, -0.05) is 126 Å². The van der Waals surface area contributed by atoms with Crippen molar-refractivity contribution in [1.29, 1.82) is 0 Å². The Bertz CT molecular complexity index is 842. The largest absolute Gasteiger partial charge is 0.280 e. The molecule has 0 aromatic heterocycles. The summed E-state index contributed by atoms with van der Waals surface area (Å²) in [6, 6.07) is 15.1. The van der Waals surface area contributed by atoms with Crippen molar-refractivity contribution in [3.8, 4) is 11.1 Å². The molecule has 1 aliphatic rings. The molecule has 1 saturated carbocycles. The first kappa shape index (κ1) is 28.8. The van der Waals surface area contributed by atoms with E-state index in [-0.39, 0.29) is 5.56 Å². The van der Waals surface area contributed by atoms with Gasteiger partial charge in [0.15, 0.2) is 6.17 Å². The van der Waals surface area contributed by atoms with E-state index in [9.17, 15) is 13.2 Å². The third kappa shape index (κ3) is 9.27. The summed E-state index contributed by atoms with van der Waals surface area (Å²) >= 11 is 0. The second-order valence-electron chi connectivity index (χ2n) is 11.3. The van der Waals surface area contributed by atoms with Crippen molar-refractivity contribution < 1.29 is 13.2 Å². The molecule has 0 bridgehead atoms. The summed E-state index contributed by atoms with van der Waals surface area (Å²) in [6.45, 7) is 2.90. The highest BCUT2D eigenvalue weighted by Gasteiger charge is 2.35. The maximum Gasteiger partial charge on any atom is 0.280 e. The van der Waals surface area contributed by atoms with E-state index in [0.29, 0.717) is 12.8 Å². The highest BCUT2D eigenvalue weighted by Crippen LogP contribution is 2.39. The summed E-state index contributed by atoms with van der Waals surface area (Å²) in [5.41, 5.74) is 3.40. The quantitative estimate of drug-likeness (QED) is 0.213. The first-order valence-electron chi connectivity index (χ1n) is 14.6.